The molecule has 2 rings (SSSR count). The van der Waals surface area contributed by atoms with Crippen LogP contribution in [0.3, 0.4) is 0 Å². The molecule has 3 amide bonds. The smallest absolute Gasteiger partial charge is 0.352 e. The molecule has 28 heavy (non-hydrogen) atoms. The number of carbonyl (C=O) groups is 2. The van der Waals surface area contributed by atoms with Crippen LogP contribution in [0, 0.1) is 5.92 Å². The third-order valence-electron chi connectivity index (χ3n) is 3.78. The Balaban J connectivity index is 1.87. The Labute approximate surface area is 161 Å². The van der Waals surface area contributed by atoms with Gasteiger partial charge in [0.1, 0.15) is 0 Å². The first-order chi connectivity index (χ1) is 13.1. The fraction of sp³-hybridized carbons (Fsp3) is 0.300. The number of hydrogen-bond donors (Lipinski definition) is 3. The second-order valence-electron chi connectivity index (χ2n) is 6.69. The number of anilines is 1. The number of halogens is 3. The number of rotatable bonds is 6. The second-order valence-corrected chi connectivity index (χ2v) is 6.69. The van der Waals surface area contributed by atoms with E-state index in [0.29, 0.717) is 29.3 Å². The molecule has 2 aromatic carbocycles. The van der Waals surface area contributed by atoms with E-state index in [-0.39, 0.29) is 12.5 Å². The van der Waals surface area contributed by atoms with Crippen LogP contribution in [0.15, 0.2) is 48.5 Å². The van der Waals surface area contributed by atoms with E-state index in [1.807, 2.05) is 13.8 Å². The lowest BCUT2D eigenvalue weighted by atomic mass is 10.1. The summed E-state index contributed by atoms with van der Waals surface area (Å²) < 4.78 is 38.1. The summed E-state index contributed by atoms with van der Waals surface area (Å²) in [6.07, 6.45) is -4.43. The molecule has 0 heterocycles. The normalized spacial score (nSPS) is 11.2. The van der Waals surface area contributed by atoms with E-state index in [0.717, 1.165) is 12.1 Å². The Hall–Kier alpha value is -3.03. The zero-order valence-electron chi connectivity index (χ0n) is 15.6. The van der Waals surface area contributed by atoms with E-state index in [1.54, 1.807) is 24.3 Å². The predicted molar refractivity (Wildman–Crippen MR) is 101 cm³/mol. The molecular formula is C20H22F3N3O2. The summed E-state index contributed by atoms with van der Waals surface area (Å²) in [6.45, 7) is 4.50. The molecule has 150 valence electrons. The fourth-order valence-corrected chi connectivity index (χ4v) is 2.32. The molecule has 0 aromatic heterocycles. The van der Waals surface area contributed by atoms with E-state index in [4.69, 9.17) is 0 Å². The SMILES string of the molecule is CC(C)CNC(=O)c1ccc(NC(=O)NCc2cccc(C(F)(F)F)c2)cc1. The molecule has 0 radical (unpaired) electrons. The average molecular weight is 393 g/mol. The number of benzene rings is 2. The third-order valence-corrected chi connectivity index (χ3v) is 3.78. The van der Waals surface area contributed by atoms with Crippen molar-refractivity contribution in [3.05, 3.63) is 65.2 Å². The van der Waals surface area contributed by atoms with Gasteiger partial charge in [0.15, 0.2) is 0 Å². The molecule has 0 aliphatic carbocycles. The summed E-state index contributed by atoms with van der Waals surface area (Å²) in [4.78, 5) is 23.9. The average Bonchev–Trinajstić information content (AvgIpc) is 2.64. The maximum Gasteiger partial charge on any atom is 0.416 e. The highest BCUT2D eigenvalue weighted by Crippen LogP contribution is 2.29. The van der Waals surface area contributed by atoms with Crippen molar-refractivity contribution in [3.8, 4) is 0 Å². The van der Waals surface area contributed by atoms with Gasteiger partial charge in [0.25, 0.3) is 5.91 Å². The van der Waals surface area contributed by atoms with Gasteiger partial charge in [-0.2, -0.15) is 13.2 Å². The lowest BCUT2D eigenvalue weighted by Gasteiger charge is -2.11. The quantitative estimate of drug-likeness (QED) is 0.680. The van der Waals surface area contributed by atoms with E-state index in [2.05, 4.69) is 16.0 Å². The number of carbonyl (C=O) groups excluding carboxylic acids is 2. The van der Waals surface area contributed by atoms with E-state index in [9.17, 15) is 22.8 Å². The highest BCUT2D eigenvalue weighted by molar-refractivity contribution is 5.95. The van der Waals surface area contributed by atoms with Crippen LogP contribution in [0.2, 0.25) is 0 Å². The largest absolute Gasteiger partial charge is 0.416 e. The lowest BCUT2D eigenvalue weighted by Crippen LogP contribution is -2.28. The van der Waals surface area contributed by atoms with Gasteiger partial charge in [0, 0.05) is 24.3 Å². The van der Waals surface area contributed by atoms with Gasteiger partial charge < -0.3 is 16.0 Å². The first kappa shape index (κ1) is 21.3. The van der Waals surface area contributed by atoms with Crippen molar-refractivity contribution in [3.63, 3.8) is 0 Å². The van der Waals surface area contributed by atoms with E-state index < -0.39 is 17.8 Å². The van der Waals surface area contributed by atoms with Crippen molar-refractivity contribution in [2.45, 2.75) is 26.6 Å². The van der Waals surface area contributed by atoms with Gasteiger partial charge in [-0.05, 0) is 47.9 Å². The van der Waals surface area contributed by atoms with Crippen LogP contribution in [-0.4, -0.2) is 18.5 Å². The monoisotopic (exact) mass is 393 g/mol. The van der Waals surface area contributed by atoms with Gasteiger partial charge >= 0.3 is 12.2 Å². The number of nitrogens with one attached hydrogen (secondary N) is 3. The molecule has 0 bridgehead atoms. The van der Waals surface area contributed by atoms with Crippen molar-refractivity contribution < 1.29 is 22.8 Å². The number of urea groups is 1. The van der Waals surface area contributed by atoms with Crippen molar-refractivity contribution in [1.82, 2.24) is 10.6 Å². The molecule has 2 aromatic rings. The van der Waals surface area contributed by atoms with Gasteiger partial charge in [-0.3, -0.25) is 4.79 Å². The first-order valence-corrected chi connectivity index (χ1v) is 8.74. The molecule has 8 heteroatoms. The molecule has 0 saturated carbocycles. The van der Waals surface area contributed by atoms with Gasteiger partial charge in [-0.1, -0.05) is 26.0 Å². The Kier molecular flexibility index (Phi) is 7.03. The Morgan fingerprint density at radius 2 is 1.68 bits per heavy atom. The number of hydrogen-bond acceptors (Lipinski definition) is 2. The molecule has 3 N–H and O–H groups in total. The van der Waals surface area contributed by atoms with E-state index in [1.165, 1.54) is 12.1 Å². The number of alkyl halides is 3. The Morgan fingerprint density at radius 1 is 1.00 bits per heavy atom. The first-order valence-electron chi connectivity index (χ1n) is 8.74. The van der Waals surface area contributed by atoms with Gasteiger partial charge in [-0.15, -0.1) is 0 Å². The molecular weight excluding hydrogens is 371 g/mol. The maximum absolute atomic E-state index is 12.7. The van der Waals surface area contributed by atoms with Crippen LogP contribution in [-0.2, 0) is 12.7 Å². The minimum atomic E-state index is -4.43. The lowest BCUT2D eigenvalue weighted by molar-refractivity contribution is -0.137. The van der Waals surface area contributed by atoms with Crippen molar-refractivity contribution in [1.29, 1.82) is 0 Å². The van der Waals surface area contributed by atoms with Gasteiger partial charge in [-0.25, -0.2) is 4.79 Å². The summed E-state index contributed by atoms with van der Waals surface area (Å²) in [5, 5.41) is 7.86. The second kappa shape index (κ2) is 9.25. The summed E-state index contributed by atoms with van der Waals surface area (Å²) in [5.74, 6) is 0.139. The van der Waals surface area contributed by atoms with Crippen molar-refractivity contribution >= 4 is 17.6 Å². The van der Waals surface area contributed by atoms with Crippen LogP contribution in [0.5, 0.6) is 0 Å². The Morgan fingerprint density at radius 3 is 2.29 bits per heavy atom. The van der Waals surface area contributed by atoms with E-state index >= 15 is 0 Å². The minimum absolute atomic E-state index is 0.0502. The van der Waals surface area contributed by atoms with Crippen molar-refractivity contribution in [2.75, 3.05) is 11.9 Å². The standard InChI is InChI=1S/C20H22F3N3O2/c1-13(2)11-24-18(27)15-6-8-17(9-7-15)26-19(28)25-12-14-4-3-5-16(10-14)20(21,22)23/h3-10,13H,11-12H2,1-2H3,(H,24,27)(H2,25,26,28). The molecule has 0 aliphatic rings. The molecule has 0 spiro atoms. The molecule has 0 aliphatic heterocycles. The molecule has 0 saturated heterocycles. The van der Waals surface area contributed by atoms with Crippen LogP contribution in [0.25, 0.3) is 0 Å². The van der Waals surface area contributed by atoms with Crippen molar-refractivity contribution in [2.24, 2.45) is 5.92 Å². The van der Waals surface area contributed by atoms with Gasteiger partial charge in [0.2, 0.25) is 0 Å². The summed E-state index contributed by atoms with van der Waals surface area (Å²) in [5.41, 5.74) is 0.498. The third kappa shape index (κ3) is 6.61. The maximum atomic E-state index is 12.7. The Bertz CT molecular complexity index is 818. The molecule has 0 unspecified atom stereocenters. The topological polar surface area (TPSA) is 70.2 Å². The van der Waals surface area contributed by atoms with Crippen LogP contribution in [0.4, 0.5) is 23.7 Å². The summed E-state index contributed by atoms with van der Waals surface area (Å²) in [7, 11) is 0. The molecule has 0 fully saturated rings. The number of amides is 3. The fourth-order valence-electron chi connectivity index (χ4n) is 2.32. The molecule has 0 atom stereocenters. The highest BCUT2D eigenvalue weighted by atomic mass is 19.4. The van der Waals surface area contributed by atoms with Crippen LogP contribution < -0.4 is 16.0 Å². The molecule has 5 nitrogen and oxygen atoms in total. The minimum Gasteiger partial charge on any atom is -0.352 e. The summed E-state index contributed by atoms with van der Waals surface area (Å²) in [6, 6.07) is 10.5. The van der Waals surface area contributed by atoms with Crippen LogP contribution >= 0.6 is 0 Å². The zero-order chi connectivity index (χ0) is 20.7. The van der Waals surface area contributed by atoms with Crippen LogP contribution in [0.1, 0.15) is 35.3 Å². The highest BCUT2D eigenvalue weighted by Gasteiger charge is 2.30. The summed E-state index contributed by atoms with van der Waals surface area (Å²) >= 11 is 0. The zero-order valence-corrected chi connectivity index (χ0v) is 15.6. The predicted octanol–water partition coefficient (Wildman–Crippen LogP) is 4.41. The van der Waals surface area contributed by atoms with Gasteiger partial charge in [0.05, 0.1) is 5.56 Å².